The van der Waals surface area contributed by atoms with Crippen molar-refractivity contribution in [2.45, 2.75) is 37.5 Å². The van der Waals surface area contributed by atoms with Gasteiger partial charge in [-0.3, -0.25) is 0 Å². The average Bonchev–Trinajstić information content (AvgIpc) is 2.40. The topological polar surface area (TPSA) is 37.4 Å². The van der Waals surface area contributed by atoms with Gasteiger partial charge in [0.05, 0.1) is 4.90 Å². The molecular formula is C14H20BrNO2S. The van der Waals surface area contributed by atoms with Gasteiger partial charge in [0.1, 0.15) is 0 Å². The third-order valence-electron chi connectivity index (χ3n) is 3.70. The van der Waals surface area contributed by atoms with Crippen LogP contribution < -0.4 is 0 Å². The van der Waals surface area contributed by atoms with Gasteiger partial charge >= 0.3 is 0 Å². The van der Waals surface area contributed by atoms with E-state index in [0.29, 0.717) is 23.9 Å². The first-order chi connectivity index (χ1) is 9.04. The van der Waals surface area contributed by atoms with E-state index in [9.17, 15) is 8.42 Å². The molecule has 106 valence electrons. The van der Waals surface area contributed by atoms with Gasteiger partial charge < -0.3 is 0 Å². The predicted octanol–water partition coefficient (Wildman–Crippen LogP) is 3.65. The second-order valence-corrected chi connectivity index (χ2v) is 7.95. The maximum absolute atomic E-state index is 12.5. The second kappa shape index (κ2) is 6.37. The quantitative estimate of drug-likeness (QED) is 0.835. The average molecular weight is 346 g/mol. The lowest BCUT2D eigenvalue weighted by atomic mass is 9.94. The summed E-state index contributed by atoms with van der Waals surface area (Å²) in [4.78, 5) is 0.385. The van der Waals surface area contributed by atoms with E-state index in [-0.39, 0.29) is 0 Å². The molecule has 0 aromatic heterocycles. The van der Waals surface area contributed by atoms with Gasteiger partial charge in [0.25, 0.3) is 0 Å². The van der Waals surface area contributed by atoms with Crippen molar-refractivity contribution in [1.82, 2.24) is 4.31 Å². The van der Waals surface area contributed by atoms with Crippen molar-refractivity contribution < 1.29 is 8.42 Å². The zero-order valence-corrected chi connectivity index (χ0v) is 13.6. The van der Waals surface area contributed by atoms with Gasteiger partial charge in [-0.15, -0.1) is 0 Å². The molecule has 0 aliphatic carbocycles. The van der Waals surface area contributed by atoms with Crippen molar-refractivity contribution in [2.24, 2.45) is 5.92 Å². The number of sulfonamides is 1. The zero-order chi connectivity index (χ0) is 13.9. The minimum Gasteiger partial charge on any atom is -0.207 e. The summed E-state index contributed by atoms with van der Waals surface area (Å²) in [5.74, 6) is 0.693. The molecule has 1 aliphatic rings. The Kier molecular flexibility index (Phi) is 5.03. The molecule has 1 saturated heterocycles. The molecule has 3 nitrogen and oxygen atoms in total. The van der Waals surface area contributed by atoms with Crippen molar-refractivity contribution in [2.75, 3.05) is 13.1 Å². The highest BCUT2D eigenvalue weighted by atomic mass is 79.9. The molecule has 5 heteroatoms. The summed E-state index contributed by atoms with van der Waals surface area (Å²) in [6, 6.07) is 6.94. The van der Waals surface area contributed by atoms with Crippen LogP contribution in [0.25, 0.3) is 0 Å². The lowest BCUT2D eigenvalue weighted by Gasteiger charge is -2.31. The number of rotatable bonds is 4. The van der Waals surface area contributed by atoms with E-state index in [4.69, 9.17) is 0 Å². The molecule has 0 unspecified atom stereocenters. The van der Waals surface area contributed by atoms with Crippen LogP contribution in [0.5, 0.6) is 0 Å². The SMILES string of the molecule is CCCC1CCN(S(=O)(=O)c2cccc(Br)c2)CC1. The molecule has 0 N–H and O–H groups in total. The van der Waals surface area contributed by atoms with E-state index in [1.165, 1.54) is 12.8 Å². The third kappa shape index (κ3) is 3.58. The van der Waals surface area contributed by atoms with Crippen LogP contribution in [0.15, 0.2) is 33.6 Å². The minimum atomic E-state index is -3.32. The highest BCUT2D eigenvalue weighted by Crippen LogP contribution is 2.27. The molecule has 0 saturated carbocycles. The van der Waals surface area contributed by atoms with Crippen molar-refractivity contribution in [3.63, 3.8) is 0 Å². The maximum Gasteiger partial charge on any atom is 0.243 e. The largest absolute Gasteiger partial charge is 0.243 e. The van der Waals surface area contributed by atoms with Crippen LogP contribution in [0.4, 0.5) is 0 Å². The Morgan fingerprint density at radius 1 is 1.32 bits per heavy atom. The van der Waals surface area contributed by atoms with Gasteiger partial charge in [0, 0.05) is 17.6 Å². The van der Waals surface area contributed by atoms with E-state index in [2.05, 4.69) is 22.9 Å². The van der Waals surface area contributed by atoms with Gasteiger partial charge in [0.15, 0.2) is 0 Å². The molecule has 1 aromatic carbocycles. The van der Waals surface area contributed by atoms with E-state index < -0.39 is 10.0 Å². The van der Waals surface area contributed by atoms with Crippen LogP contribution in [0.3, 0.4) is 0 Å². The highest BCUT2D eigenvalue weighted by molar-refractivity contribution is 9.10. The molecule has 0 atom stereocenters. The fraction of sp³-hybridized carbons (Fsp3) is 0.571. The van der Waals surface area contributed by atoms with Crippen molar-refractivity contribution in [1.29, 1.82) is 0 Å². The molecule has 0 radical (unpaired) electrons. The molecule has 0 bridgehead atoms. The van der Waals surface area contributed by atoms with E-state index in [0.717, 1.165) is 17.3 Å². The predicted molar refractivity (Wildman–Crippen MR) is 80.5 cm³/mol. The van der Waals surface area contributed by atoms with Gasteiger partial charge in [-0.25, -0.2) is 8.42 Å². The highest BCUT2D eigenvalue weighted by Gasteiger charge is 2.28. The van der Waals surface area contributed by atoms with Crippen molar-refractivity contribution >= 4 is 26.0 Å². The number of piperidine rings is 1. The summed E-state index contributed by atoms with van der Waals surface area (Å²) >= 11 is 3.33. The van der Waals surface area contributed by atoms with Crippen molar-refractivity contribution in [3.8, 4) is 0 Å². The molecule has 1 heterocycles. The number of hydrogen-bond acceptors (Lipinski definition) is 2. The van der Waals surface area contributed by atoms with Crippen LogP contribution in [-0.2, 0) is 10.0 Å². The minimum absolute atomic E-state index is 0.385. The van der Waals surface area contributed by atoms with E-state index >= 15 is 0 Å². The molecule has 1 fully saturated rings. The second-order valence-electron chi connectivity index (χ2n) is 5.09. The van der Waals surface area contributed by atoms with Crippen LogP contribution in [0, 0.1) is 5.92 Å². The first-order valence-corrected chi connectivity index (χ1v) is 9.03. The lowest BCUT2D eigenvalue weighted by Crippen LogP contribution is -2.38. The third-order valence-corrected chi connectivity index (χ3v) is 6.09. The normalized spacial score (nSPS) is 18.6. The monoisotopic (exact) mass is 345 g/mol. The van der Waals surface area contributed by atoms with Gasteiger partial charge in [-0.05, 0) is 37.0 Å². The Labute approximate surface area is 124 Å². The number of hydrogen-bond donors (Lipinski definition) is 0. The van der Waals surface area contributed by atoms with E-state index in [1.807, 2.05) is 6.07 Å². The maximum atomic E-state index is 12.5. The Balaban J connectivity index is 2.10. The number of halogens is 1. The molecule has 19 heavy (non-hydrogen) atoms. The Bertz CT molecular complexity index is 522. The summed E-state index contributed by atoms with van der Waals surface area (Å²) in [6.07, 6.45) is 4.37. The number of nitrogens with zero attached hydrogens (tertiary/aromatic N) is 1. The molecule has 0 spiro atoms. The molecule has 0 amide bonds. The Hall–Kier alpha value is -0.390. The summed E-state index contributed by atoms with van der Waals surface area (Å²) < 4.78 is 27.4. The zero-order valence-electron chi connectivity index (χ0n) is 11.2. The Morgan fingerprint density at radius 2 is 2.00 bits per heavy atom. The van der Waals surface area contributed by atoms with Crippen LogP contribution in [0.1, 0.15) is 32.6 Å². The standard InChI is InChI=1S/C14H20BrNO2S/c1-2-4-12-7-9-16(10-8-12)19(17,18)14-6-3-5-13(15)11-14/h3,5-6,11-12H,2,4,7-10H2,1H3. The first kappa shape index (κ1) is 15.0. The summed E-state index contributed by atoms with van der Waals surface area (Å²) in [7, 11) is -3.32. The summed E-state index contributed by atoms with van der Waals surface area (Å²) in [6.45, 7) is 3.49. The number of benzene rings is 1. The molecule has 2 rings (SSSR count). The first-order valence-electron chi connectivity index (χ1n) is 6.79. The molecule has 1 aliphatic heterocycles. The van der Waals surface area contributed by atoms with E-state index in [1.54, 1.807) is 22.5 Å². The lowest BCUT2D eigenvalue weighted by molar-refractivity contribution is 0.262. The van der Waals surface area contributed by atoms with Gasteiger partial charge in [-0.2, -0.15) is 4.31 Å². The molecule has 1 aromatic rings. The van der Waals surface area contributed by atoms with Gasteiger partial charge in [0.2, 0.25) is 10.0 Å². The summed E-state index contributed by atoms with van der Waals surface area (Å²) in [5, 5.41) is 0. The van der Waals surface area contributed by atoms with Gasteiger partial charge in [-0.1, -0.05) is 41.8 Å². The van der Waals surface area contributed by atoms with Crippen LogP contribution in [0.2, 0.25) is 0 Å². The van der Waals surface area contributed by atoms with Crippen LogP contribution >= 0.6 is 15.9 Å². The smallest absolute Gasteiger partial charge is 0.207 e. The fourth-order valence-electron chi connectivity index (χ4n) is 2.62. The molecular weight excluding hydrogens is 326 g/mol. The van der Waals surface area contributed by atoms with Crippen molar-refractivity contribution in [3.05, 3.63) is 28.7 Å². The fourth-order valence-corrected chi connectivity index (χ4v) is 4.69. The Morgan fingerprint density at radius 3 is 2.58 bits per heavy atom. The van der Waals surface area contributed by atoms with Crippen LogP contribution in [-0.4, -0.2) is 25.8 Å². The summed E-state index contributed by atoms with van der Waals surface area (Å²) in [5.41, 5.74) is 0.